The lowest BCUT2D eigenvalue weighted by molar-refractivity contribution is 0.208. The predicted octanol–water partition coefficient (Wildman–Crippen LogP) is 4.07. The minimum atomic E-state index is -1.59. The van der Waals surface area contributed by atoms with Crippen molar-refractivity contribution in [2.45, 2.75) is 13.8 Å². The van der Waals surface area contributed by atoms with Crippen LogP contribution >= 0.6 is 0 Å². The minimum Gasteiger partial charge on any atom is -0.368 e. The van der Waals surface area contributed by atoms with Crippen molar-refractivity contribution in [3.63, 3.8) is 0 Å². The first-order valence-corrected chi connectivity index (χ1v) is 8.39. The van der Waals surface area contributed by atoms with Crippen molar-refractivity contribution >= 4 is 17.4 Å². The molecular weight excluding hydrogens is 343 g/mol. The third-order valence-corrected chi connectivity index (χ3v) is 4.60. The second-order valence-corrected chi connectivity index (χ2v) is 6.37. The molecule has 1 aliphatic heterocycles. The van der Waals surface area contributed by atoms with E-state index in [0.717, 1.165) is 12.1 Å². The molecule has 2 aromatic rings. The van der Waals surface area contributed by atoms with Crippen LogP contribution in [-0.2, 0) is 0 Å². The molecule has 1 heterocycles. The van der Waals surface area contributed by atoms with Crippen LogP contribution in [0, 0.1) is 31.3 Å². The van der Waals surface area contributed by atoms with Gasteiger partial charge >= 0.3 is 6.03 Å². The Balaban J connectivity index is 1.65. The average molecular weight is 363 g/mol. The molecule has 4 nitrogen and oxygen atoms in total. The molecule has 2 aromatic carbocycles. The number of carbonyl (C=O) groups excluding carboxylic acids is 1. The molecule has 0 unspecified atom stereocenters. The van der Waals surface area contributed by atoms with E-state index in [9.17, 15) is 18.0 Å². The van der Waals surface area contributed by atoms with Crippen LogP contribution in [0.2, 0.25) is 0 Å². The summed E-state index contributed by atoms with van der Waals surface area (Å²) < 4.78 is 40.0. The van der Waals surface area contributed by atoms with Gasteiger partial charge in [-0.2, -0.15) is 0 Å². The number of piperazine rings is 1. The lowest BCUT2D eigenvalue weighted by atomic mass is 10.1. The first-order valence-electron chi connectivity index (χ1n) is 8.39. The van der Waals surface area contributed by atoms with Crippen molar-refractivity contribution < 1.29 is 18.0 Å². The zero-order valence-corrected chi connectivity index (χ0v) is 14.7. The van der Waals surface area contributed by atoms with Crippen molar-refractivity contribution in [1.82, 2.24) is 4.90 Å². The number of nitrogens with one attached hydrogen (secondary N) is 1. The molecule has 1 saturated heterocycles. The van der Waals surface area contributed by atoms with E-state index in [1.807, 2.05) is 32.0 Å². The Hall–Kier alpha value is -2.70. The van der Waals surface area contributed by atoms with Gasteiger partial charge < -0.3 is 15.1 Å². The normalized spacial score (nSPS) is 14.5. The van der Waals surface area contributed by atoms with Gasteiger partial charge in [-0.3, -0.25) is 0 Å². The van der Waals surface area contributed by atoms with Crippen LogP contribution in [0.25, 0.3) is 0 Å². The first-order chi connectivity index (χ1) is 12.4. The zero-order chi connectivity index (χ0) is 18.8. The highest BCUT2D eigenvalue weighted by Gasteiger charge is 2.24. The molecule has 0 aliphatic carbocycles. The number of nitrogens with zero attached hydrogens (tertiary/aromatic N) is 2. The fourth-order valence-corrected chi connectivity index (χ4v) is 3.25. The van der Waals surface area contributed by atoms with E-state index in [-0.39, 0.29) is 5.69 Å². The van der Waals surface area contributed by atoms with E-state index >= 15 is 0 Å². The Bertz CT molecular complexity index is 813. The Morgan fingerprint density at radius 2 is 1.54 bits per heavy atom. The number of amides is 2. The average Bonchev–Trinajstić information content (AvgIpc) is 2.62. The highest BCUT2D eigenvalue weighted by Crippen LogP contribution is 2.26. The van der Waals surface area contributed by atoms with Gasteiger partial charge in [0, 0.05) is 31.9 Å². The van der Waals surface area contributed by atoms with Crippen molar-refractivity contribution in [1.29, 1.82) is 0 Å². The van der Waals surface area contributed by atoms with E-state index in [4.69, 9.17) is 0 Å². The molecule has 3 rings (SSSR count). The van der Waals surface area contributed by atoms with Gasteiger partial charge in [-0.05, 0) is 37.1 Å². The lowest BCUT2D eigenvalue weighted by Crippen LogP contribution is -2.50. The molecule has 2 amide bonds. The maximum absolute atomic E-state index is 13.7. The quantitative estimate of drug-likeness (QED) is 0.817. The van der Waals surface area contributed by atoms with Crippen LogP contribution in [0.1, 0.15) is 11.1 Å². The molecule has 0 aromatic heterocycles. The number of para-hydroxylation sites is 1. The van der Waals surface area contributed by atoms with E-state index in [1.54, 1.807) is 0 Å². The molecular formula is C19H20F3N3O. The molecule has 1 N–H and O–H groups in total. The molecule has 1 aliphatic rings. The Labute approximate surface area is 150 Å². The minimum absolute atomic E-state index is 0.369. The SMILES string of the molecule is Cc1cccc(C)c1N1CCN(C(=O)Nc2ccc(F)c(F)c2F)CC1. The zero-order valence-electron chi connectivity index (χ0n) is 14.7. The smallest absolute Gasteiger partial charge is 0.322 e. The number of rotatable bonds is 2. The fourth-order valence-electron chi connectivity index (χ4n) is 3.25. The molecule has 0 atom stereocenters. The van der Waals surface area contributed by atoms with E-state index < -0.39 is 23.5 Å². The van der Waals surface area contributed by atoms with Crippen LogP contribution in [-0.4, -0.2) is 37.1 Å². The van der Waals surface area contributed by atoms with Crippen LogP contribution in [0.3, 0.4) is 0 Å². The van der Waals surface area contributed by atoms with Gasteiger partial charge in [-0.15, -0.1) is 0 Å². The summed E-state index contributed by atoms with van der Waals surface area (Å²) in [7, 11) is 0. The summed E-state index contributed by atoms with van der Waals surface area (Å²) >= 11 is 0. The summed E-state index contributed by atoms with van der Waals surface area (Å²) in [6.07, 6.45) is 0. The molecule has 0 saturated carbocycles. The number of urea groups is 1. The molecule has 1 fully saturated rings. The molecule has 26 heavy (non-hydrogen) atoms. The topological polar surface area (TPSA) is 35.6 Å². The number of anilines is 2. The summed E-state index contributed by atoms with van der Waals surface area (Å²) in [6.45, 7) is 6.27. The Kier molecular flexibility index (Phi) is 5.06. The van der Waals surface area contributed by atoms with Gasteiger partial charge in [0.25, 0.3) is 0 Å². The number of aryl methyl sites for hydroxylation is 2. The number of carbonyl (C=O) groups is 1. The summed E-state index contributed by atoms with van der Waals surface area (Å²) in [5, 5.41) is 2.31. The van der Waals surface area contributed by atoms with Crippen molar-refractivity contribution in [2.24, 2.45) is 0 Å². The third kappa shape index (κ3) is 3.47. The van der Waals surface area contributed by atoms with Crippen molar-refractivity contribution in [2.75, 3.05) is 36.4 Å². The van der Waals surface area contributed by atoms with E-state index in [2.05, 4.69) is 10.2 Å². The standard InChI is InChI=1S/C19H20F3N3O/c1-12-4-3-5-13(2)18(12)24-8-10-25(11-9-24)19(26)23-15-7-6-14(20)16(21)17(15)22/h3-7H,8-11H2,1-2H3,(H,23,26). The highest BCUT2D eigenvalue weighted by molar-refractivity contribution is 5.89. The lowest BCUT2D eigenvalue weighted by Gasteiger charge is -2.37. The monoisotopic (exact) mass is 363 g/mol. The predicted molar refractivity (Wildman–Crippen MR) is 95.0 cm³/mol. The molecule has 138 valence electrons. The first kappa shape index (κ1) is 18.1. The van der Waals surface area contributed by atoms with Gasteiger partial charge in [0.1, 0.15) is 0 Å². The van der Waals surface area contributed by atoms with Gasteiger partial charge in [0.05, 0.1) is 5.69 Å². The second-order valence-electron chi connectivity index (χ2n) is 6.37. The summed E-state index contributed by atoms with van der Waals surface area (Å²) in [4.78, 5) is 16.1. The van der Waals surface area contributed by atoms with Crippen LogP contribution in [0.5, 0.6) is 0 Å². The van der Waals surface area contributed by atoms with Gasteiger partial charge in [-0.25, -0.2) is 18.0 Å². The van der Waals surface area contributed by atoms with Crippen LogP contribution < -0.4 is 10.2 Å². The third-order valence-electron chi connectivity index (χ3n) is 4.60. The Morgan fingerprint density at radius 3 is 2.15 bits per heavy atom. The van der Waals surface area contributed by atoms with Crippen LogP contribution in [0.15, 0.2) is 30.3 Å². The molecule has 0 spiro atoms. The van der Waals surface area contributed by atoms with Gasteiger partial charge in [-0.1, -0.05) is 18.2 Å². The molecule has 7 heteroatoms. The van der Waals surface area contributed by atoms with Crippen LogP contribution in [0.4, 0.5) is 29.3 Å². The maximum atomic E-state index is 13.7. The van der Waals surface area contributed by atoms with Crippen molar-refractivity contribution in [3.05, 3.63) is 58.9 Å². The van der Waals surface area contributed by atoms with E-state index in [0.29, 0.717) is 26.2 Å². The summed E-state index contributed by atoms with van der Waals surface area (Å²) in [6, 6.07) is 7.37. The number of hydrogen-bond acceptors (Lipinski definition) is 2. The van der Waals surface area contributed by atoms with Gasteiger partial charge in [0.2, 0.25) is 0 Å². The fraction of sp³-hybridized carbons (Fsp3) is 0.316. The van der Waals surface area contributed by atoms with Crippen molar-refractivity contribution in [3.8, 4) is 0 Å². The van der Waals surface area contributed by atoms with Gasteiger partial charge in [0.15, 0.2) is 17.5 Å². The molecule has 0 radical (unpaired) electrons. The Morgan fingerprint density at radius 1 is 0.923 bits per heavy atom. The molecule has 0 bridgehead atoms. The second kappa shape index (κ2) is 7.27. The van der Waals surface area contributed by atoms with E-state index in [1.165, 1.54) is 21.7 Å². The number of halogens is 3. The number of hydrogen-bond donors (Lipinski definition) is 1. The summed E-state index contributed by atoms with van der Waals surface area (Å²) in [5.41, 5.74) is 3.14. The number of benzene rings is 2. The largest absolute Gasteiger partial charge is 0.368 e. The maximum Gasteiger partial charge on any atom is 0.322 e. The summed E-state index contributed by atoms with van der Waals surface area (Å²) in [5.74, 6) is -4.28. The highest BCUT2D eigenvalue weighted by atomic mass is 19.2.